The van der Waals surface area contributed by atoms with E-state index in [2.05, 4.69) is 0 Å². The monoisotopic (exact) mass is 148 g/mol. The summed E-state index contributed by atoms with van der Waals surface area (Å²) in [4.78, 5) is 0. The highest BCUT2D eigenvalue weighted by Crippen LogP contribution is 2.31. The fourth-order valence-electron chi connectivity index (χ4n) is 0.813. The van der Waals surface area contributed by atoms with Gasteiger partial charge in [-0.05, 0) is 12.3 Å². The first-order chi connectivity index (χ1) is 4.43. The molecule has 1 rings (SSSR count). The second-order valence-corrected chi connectivity index (χ2v) is 2.91. The van der Waals surface area contributed by atoms with E-state index in [4.69, 9.17) is 16.3 Å². The number of ether oxygens (including phenoxy) is 1. The van der Waals surface area contributed by atoms with Crippen LogP contribution in [0.2, 0.25) is 0 Å². The van der Waals surface area contributed by atoms with Crippen LogP contribution >= 0.6 is 11.6 Å². The van der Waals surface area contributed by atoms with Gasteiger partial charge in [0, 0.05) is 12.5 Å². The molecule has 0 heterocycles. The van der Waals surface area contributed by atoms with Gasteiger partial charge >= 0.3 is 0 Å². The third kappa shape index (κ3) is 3.77. The highest BCUT2D eigenvalue weighted by atomic mass is 35.5. The topological polar surface area (TPSA) is 9.23 Å². The Morgan fingerprint density at radius 2 is 2.11 bits per heavy atom. The fourth-order valence-corrected chi connectivity index (χ4v) is 0.922. The Hall–Kier alpha value is 0.250. The van der Waals surface area contributed by atoms with Crippen LogP contribution in [0.25, 0.3) is 0 Å². The van der Waals surface area contributed by atoms with Crippen molar-refractivity contribution in [3.8, 4) is 0 Å². The molecule has 2 heteroatoms. The van der Waals surface area contributed by atoms with E-state index in [-0.39, 0.29) is 0 Å². The average molecular weight is 149 g/mol. The summed E-state index contributed by atoms with van der Waals surface area (Å²) in [7, 11) is 0. The maximum Gasteiger partial charge on any atom is 0.0601 e. The molecule has 1 fully saturated rings. The molecule has 0 aromatic heterocycles. The lowest BCUT2D eigenvalue weighted by molar-refractivity contribution is 0.143. The molecule has 0 radical (unpaired) electrons. The molecule has 0 amide bonds. The molecule has 0 aromatic carbocycles. The lowest BCUT2D eigenvalue weighted by atomic mass is 10.3. The summed E-state index contributed by atoms with van der Waals surface area (Å²) in [5, 5.41) is 0. The maximum atomic E-state index is 5.41. The van der Waals surface area contributed by atoms with Crippen molar-refractivity contribution in [3.05, 3.63) is 0 Å². The van der Waals surface area contributed by atoms with Gasteiger partial charge in [0.25, 0.3) is 0 Å². The van der Waals surface area contributed by atoms with Crippen LogP contribution in [0.3, 0.4) is 0 Å². The molecule has 0 atom stereocenters. The summed E-state index contributed by atoms with van der Waals surface area (Å²) < 4.78 is 5.20. The highest BCUT2D eigenvalue weighted by Gasteiger charge is 2.20. The Bertz CT molecular complexity index is 71.3. The standard InChI is InChI=1S/C7H13ClO/c8-4-6-9-5-3-7-1-2-7/h7H,1-6H2. The normalized spacial score (nSPS) is 18.3. The van der Waals surface area contributed by atoms with Gasteiger partial charge < -0.3 is 4.74 Å². The van der Waals surface area contributed by atoms with Gasteiger partial charge in [-0.1, -0.05) is 12.8 Å². The van der Waals surface area contributed by atoms with Crippen LogP contribution in [0.4, 0.5) is 0 Å². The summed E-state index contributed by atoms with van der Waals surface area (Å²) in [5.41, 5.74) is 0. The number of hydrogen-bond acceptors (Lipinski definition) is 1. The van der Waals surface area contributed by atoms with Crippen LogP contribution in [0.5, 0.6) is 0 Å². The van der Waals surface area contributed by atoms with Crippen molar-refractivity contribution in [3.63, 3.8) is 0 Å². The van der Waals surface area contributed by atoms with E-state index in [0.717, 1.165) is 12.5 Å². The van der Waals surface area contributed by atoms with Crippen molar-refractivity contribution in [2.45, 2.75) is 19.3 Å². The van der Waals surface area contributed by atoms with Crippen LogP contribution in [0, 0.1) is 5.92 Å². The average Bonchev–Trinajstić information content (AvgIpc) is 2.63. The molecule has 0 aliphatic heterocycles. The van der Waals surface area contributed by atoms with Gasteiger partial charge in [0.15, 0.2) is 0 Å². The van der Waals surface area contributed by atoms with E-state index < -0.39 is 0 Å². The first-order valence-corrected chi connectivity index (χ1v) is 4.10. The van der Waals surface area contributed by atoms with E-state index in [0.29, 0.717) is 12.5 Å². The van der Waals surface area contributed by atoms with Crippen molar-refractivity contribution >= 4 is 11.6 Å². The van der Waals surface area contributed by atoms with E-state index in [1.54, 1.807) is 0 Å². The van der Waals surface area contributed by atoms with Crippen LogP contribution in [-0.4, -0.2) is 19.1 Å². The maximum absolute atomic E-state index is 5.41. The molecular weight excluding hydrogens is 136 g/mol. The van der Waals surface area contributed by atoms with Gasteiger partial charge in [0.1, 0.15) is 0 Å². The van der Waals surface area contributed by atoms with E-state index in [9.17, 15) is 0 Å². The van der Waals surface area contributed by atoms with Gasteiger partial charge in [-0.2, -0.15) is 0 Å². The fraction of sp³-hybridized carbons (Fsp3) is 1.00. The van der Waals surface area contributed by atoms with E-state index in [1.807, 2.05) is 0 Å². The quantitative estimate of drug-likeness (QED) is 0.428. The summed E-state index contributed by atoms with van der Waals surface area (Å²) in [5.74, 6) is 1.62. The molecule has 1 nitrogen and oxygen atoms in total. The molecule has 1 aliphatic rings. The molecule has 0 spiro atoms. The summed E-state index contributed by atoms with van der Waals surface area (Å²) in [6, 6.07) is 0. The van der Waals surface area contributed by atoms with Crippen molar-refractivity contribution < 1.29 is 4.74 Å². The molecule has 0 bridgehead atoms. The number of hydrogen-bond donors (Lipinski definition) is 0. The Kier molecular flexibility index (Phi) is 3.37. The van der Waals surface area contributed by atoms with E-state index in [1.165, 1.54) is 19.3 Å². The Morgan fingerprint density at radius 3 is 2.67 bits per heavy atom. The molecule has 0 aromatic rings. The summed E-state index contributed by atoms with van der Waals surface area (Å²) in [6.07, 6.45) is 4.09. The van der Waals surface area contributed by atoms with Crippen molar-refractivity contribution in [1.82, 2.24) is 0 Å². The smallest absolute Gasteiger partial charge is 0.0601 e. The van der Waals surface area contributed by atoms with Gasteiger partial charge in [-0.15, -0.1) is 11.6 Å². The first kappa shape index (κ1) is 7.36. The van der Waals surface area contributed by atoms with Crippen LogP contribution in [0.15, 0.2) is 0 Å². The molecule has 0 unspecified atom stereocenters. The van der Waals surface area contributed by atoms with Crippen molar-refractivity contribution in [2.75, 3.05) is 19.1 Å². The predicted octanol–water partition coefficient (Wildman–Crippen LogP) is 2.04. The number of rotatable bonds is 5. The van der Waals surface area contributed by atoms with Crippen molar-refractivity contribution in [1.29, 1.82) is 0 Å². The highest BCUT2D eigenvalue weighted by molar-refractivity contribution is 6.17. The van der Waals surface area contributed by atoms with Crippen molar-refractivity contribution in [2.24, 2.45) is 5.92 Å². The number of alkyl halides is 1. The van der Waals surface area contributed by atoms with Crippen LogP contribution < -0.4 is 0 Å². The molecule has 1 saturated carbocycles. The molecular formula is C7H13ClO. The minimum Gasteiger partial charge on any atom is -0.380 e. The lowest BCUT2D eigenvalue weighted by Gasteiger charge is -1.98. The molecule has 0 saturated heterocycles. The van der Waals surface area contributed by atoms with Gasteiger partial charge in [-0.25, -0.2) is 0 Å². The van der Waals surface area contributed by atoms with E-state index >= 15 is 0 Å². The van der Waals surface area contributed by atoms with Gasteiger partial charge in [-0.3, -0.25) is 0 Å². The second kappa shape index (κ2) is 4.13. The lowest BCUT2D eigenvalue weighted by Crippen LogP contribution is -1.97. The zero-order chi connectivity index (χ0) is 6.53. The van der Waals surface area contributed by atoms with Crippen LogP contribution in [-0.2, 0) is 4.74 Å². The largest absolute Gasteiger partial charge is 0.380 e. The Balaban J connectivity index is 1.71. The second-order valence-electron chi connectivity index (χ2n) is 2.53. The molecule has 54 valence electrons. The van der Waals surface area contributed by atoms with Gasteiger partial charge in [0.2, 0.25) is 0 Å². The Morgan fingerprint density at radius 1 is 1.33 bits per heavy atom. The minimum atomic E-state index is 0.630. The molecule has 0 N–H and O–H groups in total. The zero-order valence-electron chi connectivity index (χ0n) is 5.61. The summed E-state index contributed by atoms with van der Waals surface area (Å²) >= 11 is 5.41. The minimum absolute atomic E-state index is 0.630. The van der Waals surface area contributed by atoms with Crippen LogP contribution in [0.1, 0.15) is 19.3 Å². The van der Waals surface area contributed by atoms with Gasteiger partial charge in [0.05, 0.1) is 6.61 Å². The molecule has 9 heavy (non-hydrogen) atoms. The molecule has 1 aliphatic carbocycles. The third-order valence-corrected chi connectivity index (χ3v) is 1.74. The Labute approximate surface area is 61.3 Å². The summed E-state index contributed by atoms with van der Waals surface area (Å²) in [6.45, 7) is 1.63. The number of halogens is 1. The predicted molar refractivity (Wildman–Crippen MR) is 38.9 cm³/mol. The third-order valence-electron chi connectivity index (χ3n) is 1.59. The zero-order valence-corrected chi connectivity index (χ0v) is 6.36. The first-order valence-electron chi connectivity index (χ1n) is 3.57. The SMILES string of the molecule is ClCCOCCC1CC1.